The van der Waals surface area contributed by atoms with Crippen molar-refractivity contribution in [2.24, 2.45) is 0 Å². The van der Waals surface area contributed by atoms with Gasteiger partial charge >= 0.3 is 6.85 Å². The molecule has 1 aromatic heterocycles. The van der Waals surface area contributed by atoms with Crippen molar-refractivity contribution in [2.45, 2.75) is 129 Å². The standard InChI is InChI=1S/C68H67BN2O/c1-64(2,3)46-27-31-56(50(38-46)43-22-16-13-17-23-43)70-58-37-45-24-18-19-25-48(45)60-49-29-26-44(42-20-14-12-15-21-42)36-57(49)71(47-28-30-52-53(39-47)66(6,7)33-32-65(52,4)5)69(62(58)60)61-51-40-54-55(41-59(51)72-63(61)70)68(10,11)35-34-67(54,8)9/h12-31,36-41H,32-35H2,1-11H3. The number of fused-ring (bicyclic) bond motifs is 10. The van der Waals surface area contributed by atoms with Crippen LogP contribution in [-0.2, 0) is 27.1 Å². The monoisotopic (exact) mass is 939 g/mol. The van der Waals surface area contributed by atoms with E-state index in [-0.39, 0.29) is 33.9 Å². The first-order valence-corrected chi connectivity index (χ1v) is 26.6. The maximum absolute atomic E-state index is 7.75. The zero-order chi connectivity index (χ0) is 49.9. The summed E-state index contributed by atoms with van der Waals surface area (Å²) in [5, 5.41) is 3.69. The summed E-state index contributed by atoms with van der Waals surface area (Å²) in [4.78, 5) is 5.27. The minimum atomic E-state index is -0.227. The van der Waals surface area contributed by atoms with E-state index in [2.05, 4.69) is 244 Å². The third kappa shape index (κ3) is 6.69. The Morgan fingerprint density at radius 3 is 1.75 bits per heavy atom. The van der Waals surface area contributed by atoms with Crippen LogP contribution in [0.1, 0.15) is 130 Å². The first kappa shape index (κ1) is 45.1. The Kier molecular flexibility index (Phi) is 9.63. The van der Waals surface area contributed by atoms with Crippen LogP contribution in [0.5, 0.6) is 0 Å². The molecule has 0 spiro atoms. The number of hydrogen-bond donors (Lipinski definition) is 0. The van der Waals surface area contributed by atoms with E-state index in [1.54, 1.807) is 0 Å². The van der Waals surface area contributed by atoms with E-state index >= 15 is 0 Å². The van der Waals surface area contributed by atoms with Crippen molar-refractivity contribution in [3.05, 3.63) is 186 Å². The van der Waals surface area contributed by atoms with Crippen LogP contribution < -0.4 is 20.6 Å². The SMILES string of the molecule is CC(C)(C)c1ccc(N2c3cc4ccccc4c4c3B(c3c2oc2cc5c(cc32)C(C)(C)CCC5(C)C)N(c2ccc3c(c2)C(C)(C)CCC3(C)C)c2cc(-c3ccccc3)ccc2-4)c(-c2ccccc2)c1. The second kappa shape index (κ2) is 15.4. The molecule has 3 heterocycles. The molecule has 2 aliphatic heterocycles. The molecule has 8 aromatic carbocycles. The number of anilines is 5. The minimum Gasteiger partial charge on any atom is -0.440 e. The highest BCUT2D eigenvalue weighted by Crippen LogP contribution is 2.55. The van der Waals surface area contributed by atoms with Gasteiger partial charge in [-0.2, -0.15) is 0 Å². The third-order valence-corrected chi connectivity index (χ3v) is 17.9. The first-order chi connectivity index (χ1) is 34.3. The highest BCUT2D eigenvalue weighted by atomic mass is 16.4. The topological polar surface area (TPSA) is 19.6 Å². The smallest absolute Gasteiger partial charge is 0.337 e. The second-order valence-corrected chi connectivity index (χ2v) is 25.4. The molecule has 0 saturated heterocycles. The maximum Gasteiger partial charge on any atom is 0.337 e. The summed E-state index contributed by atoms with van der Waals surface area (Å²) in [6.07, 6.45) is 4.59. The van der Waals surface area contributed by atoms with Crippen LogP contribution in [0.4, 0.5) is 28.6 Å². The van der Waals surface area contributed by atoms with Gasteiger partial charge in [-0.1, -0.05) is 185 Å². The zero-order valence-corrected chi connectivity index (χ0v) is 44.2. The lowest BCUT2D eigenvalue weighted by atomic mass is 9.43. The molecule has 0 amide bonds. The van der Waals surface area contributed by atoms with E-state index in [1.165, 1.54) is 106 Å². The second-order valence-electron chi connectivity index (χ2n) is 25.4. The summed E-state index contributed by atoms with van der Waals surface area (Å²) in [7, 11) is 0. The summed E-state index contributed by atoms with van der Waals surface area (Å²) in [6.45, 7) is 26.3. The Hall–Kier alpha value is -6.78. The van der Waals surface area contributed by atoms with Crippen molar-refractivity contribution in [1.29, 1.82) is 0 Å². The van der Waals surface area contributed by atoms with Gasteiger partial charge in [0.15, 0.2) is 0 Å². The summed E-state index contributed by atoms with van der Waals surface area (Å²) in [5.41, 5.74) is 22.7. The Bertz CT molecular complexity index is 3700. The summed E-state index contributed by atoms with van der Waals surface area (Å²) >= 11 is 0. The molecule has 0 N–H and O–H groups in total. The predicted octanol–water partition coefficient (Wildman–Crippen LogP) is 17.6. The molecule has 0 bridgehead atoms. The Balaban J connectivity index is 1.21. The van der Waals surface area contributed by atoms with Crippen molar-refractivity contribution in [2.75, 3.05) is 9.71 Å². The fourth-order valence-corrected chi connectivity index (χ4v) is 13.4. The van der Waals surface area contributed by atoms with Crippen LogP contribution in [0, 0.1) is 0 Å². The van der Waals surface area contributed by atoms with Crippen molar-refractivity contribution in [3.8, 4) is 33.4 Å². The first-order valence-electron chi connectivity index (χ1n) is 26.6. The fourth-order valence-electron chi connectivity index (χ4n) is 13.4. The Morgan fingerprint density at radius 2 is 1.07 bits per heavy atom. The van der Waals surface area contributed by atoms with E-state index in [4.69, 9.17) is 4.42 Å². The van der Waals surface area contributed by atoms with Gasteiger partial charge < -0.3 is 9.23 Å². The van der Waals surface area contributed by atoms with Gasteiger partial charge in [0.2, 0.25) is 5.88 Å². The van der Waals surface area contributed by atoms with Gasteiger partial charge in [-0.25, -0.2) is 0 Å². The van der Waals surface area contributed by atoms with E-state index < -0.39 is 0 Å². The predicted molar refractivity (Wildman–Crippen MR) is 308 cm³/mol. The van der Waals surface area contributed by atoms with Gasteiger partial charge in [0.25, 0.3) is 0 Å². The molecule has 9 aromatic rings. The van der Waals surface area contributed by atoms with Gasteiger partial charge in [-0.05, 0) is 168 Å². The minimum absolute atomic E-state index is 0.000399. The number of nitrogens with zero attached hydrogens (tertiary/aromatic N) is 2. The van der Waals surface area contributed by atoms with Crippen LogP contribution in [0.25, 0.3) is 55.1 Å². The molecule has 0 saturated carbocycles. The number of furan rings is 1. The van der Waals surface area contributed by atoms with E-state index in [9.17, 15) is 0 Å². The fraction of sp³-hybridized carbons (Fsp3) is 0.294. The van der Waals surface area contributed by atoms with E-state index in [0.717, 1.165) is 42.1 Å². The normalized spacial score (nSPS) is 17.8. The van der Waals surface area contributed by atoms with E-state index in [0.29, 0.717) is 0 Å². The Morgan fingerprint density at radius 1 is 0.458 bits per heavy atom. The van der Waals surface area contributed by atoms with Gasteiger partial charge in [-0.15, -0.1) is 0 Å². The van der Waals surface area contributed by atoms with E-state index in [1.807, 2.05) is 0 Å². The molecule has 0 unspecified atom stereocenters. The van der Waals surface area contributed by atoms with Crippen LogP contribution in [0.15, 0.2) is 162 Å². The number of hydrogen-bond acceptors (Lipinski definition) is 3. The molecule has 358 valence electrons. The lowest BCUT2D eigenvalue weighted by molar-refractivity contribution is 0.332. The lowest BCUT2D eigenvalue weighted by Gasteiger charge is -2.46. The molecule has 0 radical (unpaired) electrons. The average Bonchev–Trinajstić information content (AvgIpc) is 3.74. The van der Waals surface area contributed by atoms with Crippen molar-refractivity contribution in [1.82, 2.24) is 0 Å². The zero-order valence-electron chi connectivity index (χ0n) is 44.2. The van der Waals surface area contributed by atoms with Crippen LogP contribution in [-0.4, -0.2) is 6.85 Å². The van der Waals surface area contributed by atoms with Crippen LogP contribution >= 0.6 is 0 Å². The molecular formula is C68H67BN2O. The Labute approximate surface area is 428 Å². The highest BCUT2D eigenvalue weighted by molar-refractivity contribution is 6.95. The van der Waals surface area contributed by atoms with Crippen molar-refractivity contribution < 1.29 is 4.42 Å². The summed E-state index contributed by atoms with van der Waals surface area (Å²) in [6, 6.07) is 60.5. The molecule has 0 atom stereocenters. The molecule has 3 nitrogen and oxygen atoms in total. The molecule has 0 fully saturated rings. The largest absolute Gasteiger partial charge is 0.440 e. The molecule has 4 heteroatoms. The summed E-state index contributed by atoms with van der Waals surface area (Å²) < 4.78 is 7.75. The number of rotatable bonds is 4. The van der Waals surface area contributed by atoms with Crippen molar-refractivity contribution >= 4 is 68.1 Å². The third-order valence-electron chi connectivity index (χ3n) is 17.9. The molecule has 2 aliphatic carbocycles. The average molecular weight is 939 g/mol. The molecule has 72 heavy (non-hydrogen) atoms. The molecule has 13 rings (SSSR count). The van der Waals surface area contributed by atoms with Gasteiger partial charge in [0.1, 0.15) is 5.58 Å². The van der Waals surface area contributed by atoms with Crippen LogP contribution in [0.2, 0.25) is 0 Å². The van der Waals surface area contributed by atoms with Gasteiger partial charge in [-0.3, -0.25) is 4.90 Å². The van der Waals surface area contributed by atoms with Crippen LogP contribution in [0.3, 0.4) is 0 Å². The van der Waals surface area contributed by atoms with Gasteiger partial charge in [0, 0.05) is 39.0 Å². The quantitative estimate of drug-likeness (QED) is 0.164. The molecular weight excluding hydrogens is 872 g/mol. The molecule has 4 aliphatic rings. The summed E-state index contributed by atoms with van der Waals surface area (Å²) in [5.74, 6) is 0.898. The number of benzene rings is 8. The maximum atomic E-state index is 7.75. The highest BCUT2D eigenvalue weighted by Gasteiger charge is 2.50. The van der Waals surface area contributed by atoms with Gasteiger partial charge in [0.05, 0.1) is 5.69 Å². The lowest BCUT2D eigenvalue weighted by Crippen LogP contribution is -2.61. The van der Waals surface area contributed by atoms with Crippen molar-refractivity contribution in [3.63, 3.8) is 0 Å².